The second kappa shape index (κ2) is 9.82. The molecule has 1 aliphatic heterocycles. The van der Waals surface area contributed by atoms with E-state index in [4.69, 9.17) is 0 Å². The number of amides is 2. The topological polar surface area (TPSA) is 91.4 Å². The lowest BCUT2D eigenvalue weighted by Gasteiger charge is -2.21. The summed E-state index contributed by atoms with van der Waals surface area (Å²) in [4.78, 5) is 19.0. The van der Waals surface area contributed by atoms with Crippen LogP contribution in [0.2, 0.25) is 0 Å². The summed E-state index contributed by atoms with van der Waals surface area (Å²) in [7, 11) is -3.93. The predicted molar refractivity (Wildman–Crippen MR) is 127 cm³/mol. The Hall–Kier alpha value is -2.39. The first-order valence-corrected chi connectivity index (χ1v) is 12.9. The quantitative estimate of drug-likeness (QED) is 0.603. The van der Waals surface area contributed by atoms with Crippen molar-refractivity contribution in [1.82, 2.24) is 9.71 Å². The van der Waals surface area contributed by atoms with Crippen LogP contribution in [-0.4, -0.2) is 32.0 Å². The number of thiazole rings is 1. The molecule has 1 fully saturated rings. The number of hydrogen-bond acceptors (Lipinski definition) is 6. The number of aromatic nitrogens is 1. The van der Waals surface area contributed by atoms with Crippen LogP contribution in [0.4, 0.5) is 15.6 Å². The molecule has 7 nitrogen and oxygen atoms in total. The Labute approximate surface area is 188 Å². The van der Waals surface area contributed by atoms with Crippen LogP contribution in [-0.2, 0) is 10.0 Å². The Morgan fingerprint density at radius 1 is 1.23 bits per heavy atom. The standard InChI is InChI=1S/C22H30N4O3S2/c1-15(2)18-8-5-9-19(16(3)4)20(18)24-21(27)25-31(28,29)14-10-17-7-6-12-26(17)22-23-11-13-30-22/h5,8-11,13-17H,6-7,12H2,1-4H3,(H2,24,25,27)/b14-10+. The van der Waals surface area contributed by atoms with E-state index in [1.165, 1.54) is 11.3 Å². The lowest BCUT2D eigenvalue weighted by Crippen LogP contribution is -2.34. The maximum absolute atomic E-state index is 12.6. The summed E-state index contributed by atoms with van der Waals surface area (Å²) in [6.07, 6.45) is 5.18. The van der Waals surface area contributed by atoms with Crippen LogP contribution >= 0.6 is 11.3 Å². The van der Waals surface area contributed by atoms with E-state index in [0.29, 0.717) is 5.69 Å². The van der Waals surface area contributed by atoms with E-state index in [-0.39, 0.29) is 17.9 Å². The van der Waals surface area contributed by atoms with Gasteiger partial charge in [0.05, 0.1) is 6.04 Å². The summed E-state index contributed by atoms with van der Waals surface area (Å²) < 4.78 is 27.2. The molecule has 1 aromatic carbocycles. The van der Waals surface area contributed by atoms with Crippen molar-refractivity contribution in [2.24, 2.45) is 0 Å². The molecule has 2 aromatic rings. The number of sulfonamides is 1. The van der Waals surface area contributed by atoms with Crippen LogP contribution in [0.15, 0.2) is 41.3 Å². The van der Waals surface area contributed by atoms with Crippen molar-refractivity contribution in [1.29, 1.82) is 0 Å². The van der Waals surface area contributed by atoms with E-state index in [0.717, 1.165) is 41.1 Å². The number of carbonyl (C=O) groups excluding carboxylic acids is 1. The van der Waals surface area contributed by atoms with Gasteiger partial charge in [0.25, 0.3) is 10.0 Å². The van der Waals surface area contributed by atoms with Gasteiger partial charge >= 0.3 is 6.03 Å². The molecule has 2 amide bonds. The molecule has 1 aromatic heterocycles. The number of anilines is 2. The lowest BCUT2D eigenvalue weighted by molar-refractivity contribution is 0.256. The van der Waals surface area contributed by atoms with E-state index in [9.17, 15) is 13.2 Å². The van der Waals surface area contributed by atoms with Gasteiger partial charge in [0.15, 0.2) is 5.13 Å². The first kappa shape index (κ1) is 23.3. The van der Waals surface area contributed by atoms with Gasteiger partial charge in [-0.1, -0.05) is 45.9 Å². The van der Waals surface area contributed by atoms with Gasteiger partial charge in [-0.05, 0) is 41.9 Å². The Balaban J connectivity index is 1.71. The Kier molecular flexibility index (Phi) is 7.38. The van der Waals surface area contributed by atoms with Crippen LogP contribution in [0, 0.1) is 0 Å². The second-order valence-corrected chi connectivity index (χ2v) is 10.7. The molecule has 3 rings (SSSR count). The van der Waals surface area contributed by atoms with E-state index in [2.05, 4.69) is 19.9 Å². The Bertz CT molecular complexity index is 1000. The van der Waals surface area contributed by atoms with Crippen molar-refractivity contribution in [3.05, 3.63) is 52.4 Å². The molecule has 168 valence electrons. The van der Waals surface area contributed by atoms with Crippen LogP contribution in [0.5, 0.6) is 0 Å². The van der Waals surface area contributed by atoms with Gasteiger partial charge < -0.3 is 10.2 Å². The summed E-state index contributed by atoms with van der Waals surface area (Å²) in [5.41, 5.74) is 2.62. The number of rotatable bonds is 7. The van der Waals surface area contributed by atoms with Crippen molar-refractivity contribution in [3.63, 3.8) is 0 Å². The first-order valence-electron chi connectivity index (χ1n) is 10.5. The number of para-hydroxylation sites is 1. The number of carbonyl (C=O) groups is 1. The summed E-state index contributed by atoms with van der Waals surface area (Å²) in [5, 5.41) is 6.64. The van der Waals surface area contributed by atoms with Crippen LogP contribution in [0.25, 0.3) is 0 Å². The molecule has 0 saturated carbocycles. The predicted octanol–water partition coefficient (Wildman–Crippen LogP) is 5.02. The fourth-order valence-corrected chi connectivity index (χ4v) is 5.27. The zero-order chi connectivity index (χ0) is 22.6. The molecular formula is C22H30N4O3S2. The van der Waals surface area contributed by atoms with E-state index in [1.54, 1.807) is 12.3 Å². The molecular weight excluding hydrogens is 432 g/mol. The summed E-state index contributed by atoms with van der Waals surface area (Å²) in [6, 6.07) is 5.05. The van der Waals surface area contributed by atoms with Crippen molar-refractivity contribution < 1.29 is 13.2 Å². The van der Waals surface area contributed by atoms with Gasteiger partial charge in [0, 0.05) is 29.2 Å². The zero-order valence-electron chi connectivity index (χ0n) is 18.3. The van der Waals surface area contributed by atoms with Crippen molar-refractivity contribution >= 4 is 38.2 Å². The minimum absolute atomic E-state index is 0.0556. The van der Waals surface area contributed by atoms with E-state index < -0.39 is 16.1 Å². The highest BCUT2D eigenvalue weighted by Gasteiger charge is 2.25. The Morgan fingerprint density at radius 2 is 1.90 bits per heavy atom. The van der Waals surface area contributed by atoms with Gasteiger partial charge in [-0.25, -0.2) is 22.9 Å². The lowest BCUT2D eigenvalue weighted by atomic mass is 9.93. The SMILES string of the molecule is CC(C)c1cccc(C(C)C)c1NC(=O)NS(=O)(=O)/C=C/C1CCCN1c1nccs1. The molecule has 1 saturated heterocycles. The molecule has 2 heterocycles. The summed E-state index contributed by atoms with van der Waals surface area (Å²) >= 11 is 1.53. The maximum atomic E-state index is 12.6. The van der Waals surface area contributed by atoms with Crippen LogP contribution in [0.1, 0.15) is 63.5 Å². The number of benzene rings is 1. The smallest absolute Gasteiger partial charge is 0.333 e. The number of nitrogens with zero attached hydrogens (tertiary/aromatic N) is 2. The van der Waals surface area contributed by atoms with Crippen LogP contribution < -0.4 is 14.9 Å². The second-order valence-electron chi connectivity index (χ2n) is 8.27. The highest BCUT2D eigenvalue weighted by molar-refractivity contribution is 7.92. The molecule has 0 spiro atoms. The number of hydrogen-bond donors (Lipinski definition) is 2. The molecule has 31 heavy (non-hydrogen) atoms. The van der Waals surface area contributed by atoms with Gasteiger partial charge in [-0.2, -0.15) is 0 Å². The van der Waals surface area contributed by atoms with Gasteiger partial charge in [0.1, 0.15) is 0 Å². The molecule has 9 heteroatoms. The molecule has 2 N–H and O–H groups in total. The fourth-order valence-electron chi connectivity index (χ4n) is 3.78. The normalized spacial score (nSPS) is 17.1. The third kappa shape index (κ3) is 5.86. The molecule has 0 bridgehead atoms. The molecule has 1 unspecified atom stereocenters. The summed E-state index contributed by atoms with van der Waals surface area (Å²) in [6.45, 7) is 8.99. The summed E-state index contributed by atoms with van der Waals surface area (Å²) in [5.74, 6) is 0.370. The third-order valence-corrected chi connectivity index (χ3v) is 7.08. The highest BCUT2D eigenvalue weighted by Crippen LogP contribution is 2.32. The van der Waals surface area contributed by atoms with E-state index in [1.807, 2.05) is 51.3 Å². The van der Waals surface area contributed by atoms with Gasteiger partial charge in [-0.3, -0.25) is 0 Å². The molecule has 1 atom stereocenters. The fraction of sp³-hybridized carbons (Fsp3) is 0.455. The van der Waals surface area contributed by atoms with Crippen molar-refractivity contribution in [2.75, 3.05) is 16.8 Å². The average Bonchev–Trinajstić information content (AvgIpc) is 3.37. The minimum atomic E-state index is -3.93. The molecule has 0 radical (unpaired) electrons. The molecule has 1 aliphatic rings. The zero-order valence-corrected chi connectivity index (χ0v) is 20.0. The van der Waals surface area contributed by atoms with Gasteiger partial charge in [-0.15, -0.1) is 11.3 Å². The maximum Gasteiger partial charge on any atom is 0.333 e. The van der Waals surface area contributed by atoms with Crippen LogP contribution in [0.3, 0.4) is 0 Å². The highest BCUT2D eigenvalue weighted by atomic mass is 32.2. The first-order chi connectivity index (χ1) is 14.7. The van der Waals surface area contributed by atoms with E-state index >= 15 is 0 Å². The number of urea groups is 1. The average molecular weight is 463 g/mol. The van der Waals surface area contributed by atoms with Crippen molar-refractivity contribution in [2.45, 2.75) is 58.4 Å². The Morgan fingerprint density at radius 3 is 2.48 bits per heavy atom. The molecule has 0 aliphatic carbocycles. The minimum Gasteiger partial charge on any atom is -0.342 e. The van der Waals surface area contributed by atoms with Crippen molar-refractivity contribution in [3.8, 4) is 0 Å². The third-order valence-electron chi connectivity index (χ3n) is 5.29. The largest absolute Gasteiger partial charge is 0.342 e. The number of nitrogens with one attached hydrogen (secondary N) is 2. The van der Waals surface area contributed by atoms with Gasteiger partial charge in [0.2, 0.25) is 0 Å². The monoisotopic (exact) mass is 462 g/mol.